The number of H-pyrrole nitrogens is 1. The van der Waals surface area contributed by atoms with Crippen LogP contribution >= 0.6 is 11.3 Å². The van der Waals surface area contributed by atoms with E-state index in [2.05, 4.69) is 42.1 Å². The molecule has 0 bridgehead atoms. The van der Waals surface area contributed by atoms with Crippen LogP contribution in [0.25, 0.3) is 10.9 Å². The molecular weight excluding hydrogens is 715 g/mol. The lowest BCUT2D eigenvalue weighted by atomic mass is 9.91. The van der Waals surface area contributed by atoms with Crippen molar-refractivity contribution in [2.45, 2.75) is 75.8 Å². The number of rotatable bonds is 13. The Labute approximate surface area is 314 Å². The van der Waals surface area contributed by atoms with Crippen molar-refractivity contribution in [1.82, 2.24) is 19.8 Å². The molecule has 2 aromatic heterocycles. The second-order valence-electron chi connectivity index (χ2n) is 15.6. The zero-order valence-corrected chi connectivity index (χ0v) is 32.6. The molecule has 4 heterocycles. The molecule has 3 aromatic carbocycles. The van der Waals surface area contributed by atoms with Crippen LogP contribution in [0.15, 0.2) is 91.1 Å². The fourth-order valence-corrected chi connectivity index (χ4v) is 14.0. The number of para-hydroxylation sites is 1. The van der Waals surface area contributed by atoms with Gasteiger partial charge in [-0.25, -0.2) is 18.2 Å². The van der Waals surface area contributed by atoms with Crippen LogP contribution in [0.1, 0.15) is 56.3 Å². The van der Waals surface area contributed by atoms with Gasteiger partial charge in [0.05, 0.1) is 31.9 Å². The van der Waals surface area contributed by atoms with Gasteiger partial charge in [0.2, 0.25) is 0 Å². The number of likely N-dealkylation sites (tertiary alicyclic amines) is 1. The third-order valence-electron chi connectivity index (χ3n) is 10.9. The summed E-state index contributed by atoms with van der Waals surface area (Å²) in [6, 6.07) is 26.5. The number of anilines is 1. The van der Waals surface area contributed by atoms with Crippen molar-refractivity contribution in [2.75, 3.05) is 44.8 Å². The van der Waals surface area contributed by atoms with Crippen molar-refractivity contribution in [1.29, 1.82) is 0 Å². The van der Waals surface area contributed by atoms with Gasteiger partial charge in [-0.15, -0.1) is 11.3 Å². The predicted octanol–water partition coefficient (Wildman–Crippen LogP) is 7.97. The van der Waals surface area contributed by atoms with Crippen molar-refractivity contribution in [3.63, 3.8) is 0 Å². The first kappa shape index (κ1) is 37.7. The van der Waals surface area contributed by atoms with Crippen molar-refractivity contribution < 1.29 is 22.0 Å². The van der Waals surface area contributed by atoms with Crippen molar-refractivity contribution in [3.05, 3.63) is 107 Å². The Morgan fingerprint density at radius 2 is 1.62 bits per heavy atom. The number of aromatic nitrogens is 2. The van der Waals surface area contributed by atoms with Crippen molar-refractivity contribution in [3.8, 4) is 0 Å². The maximum Gasteiger partial charge on any atom is 0.282 e. The van der Waals surface area contributed by atoms with E-state index in [0.29, 0.717) is 31.1 Å². The molecule has 0 radical (unpaired) electrons. The first-order valence-corrected chi connectivity index (χ1v) is 21.3. The second kappa shape index (κ2) is 15.3. The normalized spacial score (nSPS) is 21.7. The van der Waals surface area contributed by atoms with Crippen LogP contribution < -0.4 is 15.7 Å². The average molecular weight is 764 g/mol. The lowest BCUT2D eigenvalue weighted by molar-refractivity contribution is -0.0818. The number of thiazole rings is 1. The van der Waals surface area contributed by atoms with Crippen LogP contribution in [0.4, 0.5) is 22.7 Å². The van der Waals surface area contributed by atoms with Crippen LogP contribution in [-0.4, -0.2) is 91.7 Å². The Morgan fingerprint density at radius 1 is 0.962 bits per heavy atom. The van der Waals surface area contributed by atoms with E-state index in [0.717, 1.165) is 37.4 Å². The highest BCUT2D eigenvalue weighted by molar-refractivity contribution is 7.15. The quantitative estimate of drug-likeness (QED) is 0.0942. The molecule has 7 rings (SSSR count). The molecule has 0 saturated carbocycles. The van der Waals surface area contributed by atoms with Gasteiger partial charge in [0.15, 0.2) is 5.13 Å². The van der Waals surface area contributed by atoms with Gasteiger partial charge in [-0.3, -0.25) is 14.2 Å². The smallest absolute Gasteiger partial charge is 0.282 e. The third kappa shape index (κ3) is 7.58. The number of fused-ring (bicyclic) bond motifs is 3. The Morgan fingerprint density at radius 3 is 2.28 bits per heavy atom. The molecule has 0 spiro atoms. The van der Waals surface area contributed by atoms with Gasteiger partial charge in [0, 0.05) is 53.3 Å². The highest BCUT2D eigenvalue weighted by Gasteiger charge is 2.52. The molecule has 1 fully saturated rings. The molecule has 6 nitrogen and oxygen atoms in total. The fraction of sp³-hybridized carbons (Fsp3) is 0.439. The lowest BCUT2D eigenvalue weighted by Crippen LogP contribution is -2.67. The van der Waals surface area contributed by atoms with Gasteiger partial charge >= 0.3 is 0 Å². The van der Waals surface area contributed by atoms with E-state index < -0.39 is 57.4 Å². The number of benzene rings is 3. The van der Waals surface area contributed by atoms with Crippen LogP contribution in [0.2, 0.25) is 5.04 Å². The highest BCUT2D eigenvalue weighted by Crippen LogP contribution is 2.45. The van der Waals surface area contributed by atoms with Crippen molar-refractivity contribution in [2.24, 2.45) is 0 Å². The van der Waals surface area contributed by atoms with Crippen LogP contribution in [-0.2, 0) is 10.8 Å². The molecule has 4 atom stereocenters. The van der Waals surface area contributed by atoms with Crippen molar-refractivity contribution >= 4 is 46.1 Å². The van der Waals surface area contributed by atoms with E-state index in [4.69, 9.17) is 4.43 Å². The maximum atomic E-state index is 16.8. The van der Waals surface area contributed by atoms with E-state index in [9.17, 15) is 4.39 Å². The number of alkyl halides is 4. The Hall–Kier alpha value is -3.55. The summed E-state index contributed by atoms with van der Waals surface area (Å²) >= 11 is 1.37. The summed E-state index contributed by atoms with van der Waals surface area (Å²) in [5, 5.41) is 6.36. The second-order valence-corrected chi connectivity index (χ2v) is 21.0. The number of hydrogen-bond acceptors (Lipinski definition) is 6. The first-order chi connectivity index (χ1) is 25.4. The van der Waals surface area contributed by atoms with Gasteiger partial charge in [-0.2, -0.15) is 0 Å². The van der Waals surface area contributed by atoms with Gasteiger partial charge in [-0.1, -0.05) is 99.6 Å². The standard InChI is InChI=1S/C41H49F4N5OSSi/c1-28-22-32-31-18-11-12-19-34(31)47-37(32)38(36-23-46-39(52-36)48-35-25-49(21-13-20-42)24-33(35)43)50(28)26-41(44,45)27-51-53(40(2,3)4,29-14-7-5-8-15-29)30-16-9-6-10-17-30/h5-12,14-19,23,28,33,35,38,47H,13,20-22,24-27H2,1-4H3,(H,46,48)/t28-,33-,35+,38-/m1/s1. The monoisotopic (exact) mass is 763 g/mol. The molecule has 12 heteroatoms. The summed E-state index contributed by atoms with van der Waals surface area (Å²) in [7, 11) is -3.21. The molecule has 0 unspecified atom stereocenters. The summed E-state index contributed by atoms with van der Waals surface area (Å²) in [6.07, 6.45) is 1.59. The van der Waals surface area contributed by atoms with E-state index in [1.54, 1.807) is 6.20 Å². The van der Waals surface area contributed by atoms with Crippen LogP contribution in [0.3, 0.4) is 0 Å². The molecule has 0 amide bonds. The Bertz CT molecular complexity index is 1930. The zero-order valence-electron chi connectivity index (χ0n) is 30.8. The lowest BCUT2D eigenvalue weighted by Gasteiger charge is -2.45. The van der Waals surface area contributed by atoms with Gasteiger partial charge in [-0.05, 0) is 46.8 Å². The predicted molar refractivity (Wildman–Crippen MR) is 210 cm³/mol. The van der Waals surface area contributed by atoms with E-state index >= 15 is 13.2 Å². The molecule has 2 N–H and O–H groups in total. The first-order valence-electron chi connectivity index (χ1n) is 18.5. The van der Waals surface area contributed by atoms with E-state index in [1.165, 1.54) is 11.3 Å². The number of halogens is 4. The summed E-state index contributed by atoms with van der Waals surface area (Å²) in [5.41, 5.74) is 2.96. The van der Waals surface area contributed by atoms with E-state index in [-0.39, 0.29) is 12.6 Å². The minimum Gasteiger partial charge on any atom is -0.401 e. The summed E-state index contributed by atoms with van der Waals surface area (Å²) in [4.78, 5) is 12.8. The topological polar surface area (TPSA) is 56.4 Å². The third-order valence-corrected chi connectivity index (χ3v) is 16.8. The molecule has 1 saturated heterocycles. The molecule has 53 heavy (non-hydrogen) atoms. The van der Waals surface area contributed by atoms with Gasteiger partial charge in [0.1, 0.15) is 6.17 Å². The summed E-state index contributed by atoms with van der Waals surface area (Å²) < 4.78 is 68.2. The SMILES string of the molecule is C[C@@H]1Cc2c([nH]c3ccccc23)[C@@H](c2cnc(N[C@H]3CN(CCCF)C[C@H]3F)s2)N1CC(F)(F)CO[Si](c1ccccc1)(c1ccccc1)C(C)(C)C. The minimum absolute atomic E-state index is 0.224. The van der Waals surface area contributed by atoms with Crippen LogP contribution in [0.5, 0.6) is 0 Å². The van der Waals surface area contributed by atoms with Crippen LogP contribution in [0, 0.1) is 0 Å². The largest absolute Gasteiger partial charge is 0.401 e. The highest BCUT2D eigenvalue weighted by atomic mass is 32.1. The molecule has 282 valence electrons. The fourth-order valence-electron chi connectivity index (χ4n) is 8.43. The number of nitrogens with zero attached hydrogens (tertiary/aromatic N) is 3. The summed E-state index contributed by atoms with van der Waals surface area (Å²) in [6.45, 7) is 7.79. The maximum absolute atomic E-state index is 16.8. The minimum atomic E-state index is -3.21. The molecule has 2 aliphatic heterocycles. The number of aromatic amines is 1. The molecule has 5 aromatic rings. The summed E-state index contributed by atoms with van der Waals surface area (Å²) in [5.74, 6) is -3.21. The molecular formula is C41H49F4N5OSSi. The average Bonchev–Trinajstić information content (AvgIpc) is 3.85. The molecule has 0 aliphatic carbocycles. The number of hydrogen-bond donors (Lipinski definition) is 2. The molecule has 2 aliphatic rings. The Balaban J connectivity index is 1.20. The van der Waals surface area contributed by atoms with Gasteiger partial charge < -0.3 is 14.7 Å². The number of nitrogens with one attached hydrogen (secondary N) is 2. The zero-order chi connectivity index (χ0) is 37.4. The van der Waals surface area contributed by atoms with Gasteiger partial charge in [0.25, 0.3) is 14.2 Å². The Kier molecular flexibility index (Phi) is 10.9. The van der Waals surface area contributed by atoms with E-state index in [1.807, 2.05) is 95.6 Å².